The zero-order valence-electron chi connectivity index (χ0n) is 10.3. The summed E-state index contributed by atoms with van der Waals surface area (Å²) in [5.74, 6) is 0.0898. The molecule has 98 valence electrons. The molecule has 1 fully saturated rings. The third kappa shape index (κ3) is 3.31. The van der Waals surface area contributed by atoms with Gasteiger partial charge in [-0.1, -0.05) is 18.0 Å². The predicted octanol–water partition coefficient (Wildman–Crippen LogP) is 2.37. The van der Waals surface area contributed by atoms with Gasteiger partial charge in [0.25, 0.3) is 0 Å². The van der Waals surface area contributed by atoms with Gasteiger partial charge in [0.05, 0.1) is 13.2 Å². The lowest BCUT2D eigenvalue weighted by Gasteiger charge is -2.33. The van der Waals surface area contributed by atoms with Crippen molar-refractivity contribution in [2.75, 3.05) is 19.7 Å². The first kappa shape index (κ1) is 13.5. The Morgan fingerprint density at radius 3 is 2.72 bits per heavy atom. The van der Waals surface area contributed by atoms with Crippen molar-refractivity contribution in [2.24, 2.45) is 0 Å². The normalized spacial score (nSPS) is 20.9. The maximum absolute atomic E-state index is 12.1. The number of benzene rings is 1. The van der Waals surface area contributed by atoms with Crippen LogP contribution in [0.1, 0.15) is 29.6 Å². The van der Waals surface area contributed by atoms with Gasteiger partial charge in [-0.15, -0.1) is 0 Å². The van der Waals surface area contributed by atoms with Crippen LogP contribution in [0.25, 0.3) is 0 Å². The highest BCUT2D eigenvalue weighted by molar-refractivity contribution is 6.30. The Balaban J connectivity index is 1.99. The summed E-state index contributed by atoms with van der Waals surface area (Å²) in [4.78, 5) is 14.2. The summed E-state index contributed by atoms with van der Waals surface area (Å²) >= 11 is 5.80. The first-order valence-corrected chi connectivity index (χ1v) is 6.72. The molecule has 4 heteroatoms. The van der Waals surface area contributed by atoms with Crippen LogP contribution in [-0.4, -0.2) is 41.5 Å². The number of hydrogen-bond acceptors (Lipinski definition) is 3. The Bertz CT molecular complexity index is 405. The summed E-state index contributed by atoms with van der Waals surface area (Å²) in [6, 6.07) is 7.10. The number of nitrogens with zero attached hydrogens (tertiary/aromatic N) is 1. The maximum atomic E-state index is 12.1. The molecule has 0 aliphatic carbocycles. The van der Waals surface area contributed by atoms with Crippen molar-refractivity contribution in [3.8, 4) is 0 Å². The molecule has 2 rings (SSSR count). The number of aliphatic hydroxyl groups is 1. The van der Waals surface area contributed by atoms with E-state index in [1.54, 1.807) is 24.3 Å². The lowest BCUT2D eigenvalue weighted by molar-refractivity contribution is 0.0711. The fourth-order valence-corrected chi connectivity index (χ4v) is 2.51. The molecule has 0 amide bonds. The summed E-state index contributed by atoms with van der Waals surface area (Å²) < 4.78 is 0. The number of carbonyl (C=O) groups is 1. The van der Waals surface area contributed by atoms with E-state index >= 15 is 0 Å². The first-order valence-electron chi connectivity index (χ1n) is 6.34. The van der Waals surface area contributed by atoms with E-state index in [0.717, 1.165) is 25.8 Å². The van der Waals surface area contributed by atoms with Crippen LogP contribution in [0, 0.1) is 0 Å². The Morgan fingerprint density at radius 2 is 2.06 bits per heavy atom. The molecule has 0 bridgehead atoms. The number of likely N-dealkylation sites (tertiary alicyclic amines) is 1. The van der Waals surface area contributed by atoms with Crippen LogP contribution in [0.3, 0.4) is 0 Å². The number of piperidine rings is 1. The SMILES string of the molecule is O=C(CN1CCCCC1CO)c1ccc(Cl)cc1. The quantitative estimate of drug-likeness (QED) is 0.852. The van der Waals surface area contributed by atoms with Crippen LogP contribution in [0.2, 0.25) is 5.02 Å². The van der Waals surface area contributed by atoms with Gasteiger partial charge in [-0.3, -0.25) is 9.69 Å². The van der Waals surface area contributed by atoms with Crippen LogP contribution in [0.15, 0.2) is 24.3 Å². The molecule has 1 unspecified atom stereocenters. The molecule has 0 aromatic heterocycles. The highest BCUT2D eigenvalue weighted by Crippen LogP contribution is 2.17. The average molecular weight is 268 g/mol. The summed E-state index contributed by atoms with van der Waals surface area (Å²) in [6.45, 7) is 1.41. The van der Waals surface area contributed by atoms with Crippen molar-refractivity contribution in [1.82, 2.24) is 4.90 Å². The largest absolute Gasteiger partial charge is 0.395 e. The molecule has 0 radical (unpaired) electrons. The second-order valence-corrected chi connectivity index (χ2v) is 5.17. The van der Waals surface area contributed by atoms with Crippen molar-refractivity contribution in [3.63, 3.8) is 0 Å². The van der Waals surface area contributed by atoms with Gasteiger partial charge in [0.15, 0.2) is 5.78 Å². The highest BCUT2D eigenvalue weighted by atomic mass is 35.5. The van der Waals surface area contributed by atoms with Crippen LogP contribution >= 0.6 is 11.6 Å². The van der Waals surface area contributed by atoms with Gasteiger partial charge in [0.2, 0.25) is 0 Å². The molecule has 1 atom stereocenters. The fourth-order valence-electron chi connectivity index (χ4n) is 2.39. The number of hydrogen-bond donors (Lipinski definition) is 1. The van der Waals surface area contributed by atoms with E-state index in [0.29, 0.717) is 17.1 Å². The Morgan fingerprint density at radius 1 is 1.33 bits per heavy atom. The third-order valence-corrected chi connectivity index (χ3v) is 3.72. The van der Waals surface area contributed by atoms with Crippen molar-refractivity contribution < 1.29 is 9.90 Å². The van der Waals surface area contributed by atoms with Gasteiger partial charge >= 0.3 is 0 Å². The summed E-state index contributed by atoms with van der Waals surface area (Å²) in [5, 5.41) is 9.95. The minimum atomic E-state index is 0.0898. The van der Waals surface area contributed by atoms with Gasteiger partial charge in [-0.25, -0.2) is 0 Å². The van der Waals surface area contributed by atoms with Gasteiger partial charge < -0.3 is 5.11 Å². The monoisotopic (exact) mass is 267 g/mol. The standard InChI is InChI=1S/C14H18ClNO2/c15-12-6-4-11(5-7-12)14(18)9-16-8-2-1-3-13(16)10-17/h4-7,13,17H,1-3,8-10H2. The Labute approximate surface area is 112 Å². The molecule has 3 nitrogen and oxygen atoms in total. The predicted molar refractivity (Wildman–Crippen MR) is 72.1 cm³/mol. The molecule has 1 saturated heterocycles. The van der Waals surface area contributed by atoms with Crippen LogP contribution in [0.4, 0.5) is 0 Å². The number of carbonyl (C=O) groups excluding carboxylic acids is 1. The van der Waals surface area contributed by atoms with Gasteiger partial charge in [0, 0.05) is 16.6 Å². The summed E-state index contributed by atoms with van der Waals surface area (Å²) in [6.07, 6.45) is 3.21. The molecule has 1 aliphatic heterocycles. The number of halogens is 1. The molecule has 0 spiro atoms. The zero-order chi connectivity index (χ0) is 13.0. The number of Topliss-reactive ketones (excluding diaryl/α,β-unsaturated/α-hetero) is 1. The Kier molecular flexibility index (Phi) is 4.75. The number of aliphatic hydroxyl groups excluding tert-OH is 1. The minimum absolute atomic E-state index is 0.0898. The first-order chi connectivity index (χ1) is 8.70. The lowest BCUT2D eigenvalue weighted by Crippen LogP contribution is -2.44. The molecular weight excluding hydrogens is 250 g/mol. The second-order valence-electron chi connectivity index (χ2n) is 4.73. The van der Waals surface area contributed by atoms with Gasteiger partial charge in [0.1, 0.15) is 0 Å². The van der Waals surface area contributed by atoms with E-state index in [2.05, 4.69) is 4.90 Å². The van der Waals surface area contributed by atoms with Crippen LogP contribution in [0.5, 0.6) is 0 Å². The third-order valence-electron chi connectivity index (χ3n) is 3.47. The van der Waals surface area contributed by atoms with Gasteiger partial charge in [-0.2, -0.15) is 0 Å². The molecule has 18 heavy (non-hydrogen) atoms. The molecule has 0 saturated carbocycles. The van der Waals surface area contributed by atoms with Gasteiger partial charge in [-0.05, 0) is 43.7 Å². The molecule has 1 aromatic rings. The van der Waals surface area contributed by atoms with Crippen molar-refractivity contribution in [1.29, 1.82) is 0 Å². The minimum Gasteiger partial charge on any atom is -0.395 e. The van der Waals surface area contributed by atoms with E-state index in [4.69, 9.17) is 11.6 Å². The van der Waals surface area contributed by atoms with E-state index in [9.17, 15) is 9.90 Å². The maximum Gasteiger partial charge on any atom is 0.176 e. The molecular formula is C14H18ClNO2. The number of ketones is 1. The Hall–Kier alpha value is -0.900. The lowest BCUT2D eigenvalue weighted by atomic mass is 10.0. The van der Waals surface area contributed by atoms with Crippen molar-refractivity contribution in [3.05, 3.63) is 34.9 Å². The van der Waals surface area contributed by atoms with E-state index < -0.39 is 0 Å². The molecule has 1 aliphatic rings. The average Bonchev–Trinajstić information content (AvgIpc) is 2.40. The fraction of sp³-hybridized carbons (Fsp3) is 0.500. The smallest absolute Gasteiger partial charge is 0.176 e. The van der Waals surface area contributed by atoms with E-state index in [1.165, 1.54) is 0 Å². The van der Waals surface area contributed by atoms with Crippen molar-refractivity contribution in [2.45, 2.75) is 25.3 Å². The second kappa shape index (κ2) is 6.32. The summed E-state index contributed by atoms with van der Waals surface area (Å²) in [5.41, 5.74) is 0.682. The van der Waals surface area contributed by atoms with E-state index in [1.807, 2.05) is 0 Å². The highest BCUT2D eigenvalue weighted by Gasteiger charge is 2.23. The molecule has 1 N–H and O–H groups in total. The topological polar surface area (TPSA) is 40.5 Å². The summed E-state index contributed by atoms with van der Waals surface area (Å²) in [7, 11) is 0. The van der Waals surface area contributed by atoms with E-state index in [-0.39, 0.29) is 18.4 Å². The zero-order valence-corrected chi connectivity index (χ0v) is 11.1. The number of rotatable bonds is 4. The van der Waals surface area contributed by atoms with Crippen LogP contribution in [-0.2, 0) is 0 Å². The van der Waals surface area contributed by atoms with Crippen LogP contribution < -0.4 is 0 Å². The van der Waals surface area contributed by atoms with Crippen molar-refractivity contribution >= 4 is 17.4 Å². The molecule has 1 aromatic carbocycles. The molecule has 1 heterocycles.